The Morgan fingerprint density at radius 2 is 2.25 bits per heavy atom. The van der Waals surface area contributed by atoms with Crippen LogP contribution in [0.3, 0.4) is 0 Å². The van der Waals surface area contributed by atoms with Crippen LogP contribution in [-0.2, 0) is 14.3 Å². The zero-order valence-electron chi connectivity index (χ0n) is 9.78. The number of amides is 1. The summed E-state index contributed by atoms with van der Waals surface area (Å²) >= 11 is 0. The molecule has 90 valence electrons. The predicted octanol–water partition coefficient (Wildman–Crippen LogP) is 1.20. The zero-order chi connectivity index (χ0) is 11.5. The lowest BCUT2D eigenvalue weighted by molar-refractivity contribution is -0.148. The van der Waals surface area contributed by atoms with E-state index in [4.69, 9.17) is 4.74 Å². The number of esters is 1. The van der Waals surface area contributed by atoms with Crippen molar-refractivity contribution < 1.29 is 14.3 Å². The zero-order valence-corrected chi connectivity index (χ0v) is 9.78. The van der Waals surface area contributed by atoms with Gasteiger partial charge in [-0.3, -0.25) is 9.59 Å². The Balaban J connectivity index is 1.79. The normalized spacial score (nSPS) is 24.9. The molecule has 0 bridgehead atoms. The standard InChI is InChI=1S/C12H19NO3/c1-2-5-16-12(15)10-6-11(14)13(8-10)7-9-3-4-9/h9-10H,2-8H2,1H3. The van der Waals surface area contributed by atoms with Crippen molar-refractivity contribution in [2.45, 2.75) is 32.6 Å². The fraction of sp³-hybridized carbons (Fsp3) is 0.833. The molecule has 2 aliphatic rings. The molecule has 0 aromatic rings. The Morgan fingerprint density at radius 3 is 2.88 bits per heavy atom. The molecule has 4 nitrogen and oxygen atoms in total. The first-order valence-corrected chi connectivity index (χ1v) is 6.15. The van der Waals surface area contributed by atoms with Gasteiger partial charge in [-0.25, -0.2) is 0 Å². The molecule has 1 saturated carbocycles. The van der Waals surface area contributed by atoms with E-state index < -0.39 is 0 Å². The van der Waals surface area contributed by atoms with E-state index in [1.54, 1.807) is 0 Å². The molecule has 16 heavy (non-hydrogen) atoms. The number of carbonyl (C=O) groups is 2. The van der Waals surface area contributed by atoms with Crippen LogP contribution in [0.4, 0.5) is 0 Å². The molecule has 0 aromatic carbocycles. The number of hydrogen-bond acceptors (Lipinski definition) is 3. The summed E-state index contributed by atoms with van der Waals surface area (Å²) in [5.74, 6) is 0.381. The fourth-order valence-corrected chi connectivity index (χ4v) is 2.04. The van der Waals surface area contributed by atoms with Gasteiger partial charge in [0.1, 0.15) is 0 Å². The van der Waals surface area contributed by atoms with E-state index in [2.05, 4.69) is 0 Å². The van der Waals surface area contributed by atoms with Gasteiger partial charge < -0.3 is 9.64 Å². The van der Waals surface area contributed by atoms with Crippen LogP contribution in [0, 0.1) is 11.8 Å². The number of nitrogens with zero attached hydrogens (tertiary/aromatic N) is 1. The molecule has 1 aliphatic heterocycles. The van der Waals surface area contributed by atoms with Gasteiger partial charge in [0.25, 0.3) is 0 Å². The lowest BCUT2D eigenvalue weighted by Crippen LogP contribution is -2.28. The predicted molar refractivity (Wildman–Crippen MR) is 58.7 cm³/mol. The summed E-state index contributed by atoms with van der Waals surface area (Å²) in [4.78, 5) is 25.1. The van der Waals surface area contributed by atoms with Crippen LogP contribution in [0.5, 0.6) is 0 Å². The number of hydrogen-bond donors (Lipinski definition) is 0. The number of carbonyl (C=O) groups excluding carboxylic acids is 2. The summed E-state index contributed by atoms with van der Waals surface area (Å²) in [6, 6.07) is 0. The molecule has 4 heteroatoms. The van der Waals surface area contributed by atoms with Crippen molar-refractivity contribution in [3.63, 3.8) is 0 Å². The summed E-state index contributed by atoms with van der Waals surface area (Å²) in [6.45, 7) is 3.84. The average Bonchev–Trinajstić information content (AvgIpc) is 3.00. The number of likely N-dealkylation sites (tertiary alicyclic amines) is 1. The van der Waals surface area contributed by atoms with Crippen LogP contribution < -0.4 is 0 Å². The summed E-state index contributed by atoms with van der Waals surface area (Å²) in [6.07, 6.45) is 3.64. The minimum absolute atomic E-state index is 0.116. The fourth-order valence-electron chi connectivity index (χ4n) is 2.04. The van der Waals surface area contributed by atoms with E-state index >= 15 is 0 Å². The van der Waals surface area contributed by atoms with Crippen molar-refractivity contribution in [2.24, 2.45) is 11.8 Å². The molecule has 2 rings (SSSR count). The minimum atomic E-state index is -0.224. The second kappa shape index (κ2) is 4.85. The van der Waals surface area contributed by atoms with E-state index in [0.717, 1.165) is 13.0 Å². The second-order valence-electron chi connectivity index (χ2n) is 4.81. The molecule has 1 atom stereocenters. The summed E-state index contributed by atoms with van der Waals surface area (Å²) in [5, 5.41) is 0. The van der Waals surface area contributed by atoms with Crippen LogP contribution in [0.15, 0.2) is 0 Å². The van der Waals surface area contributed by atoms with Crippen LogP contribution in [-0.4, -0.2) is 36.5 Å². The molecule has 1 aliphatic carbocycles. The van der Waals surface area contributed by atoms with Crippen molar-refractivity contribution in [3.05, 3.63) is 0 Å². The van der Waals surface area contributed by atoms with Gasteiger partial charge in [0.2, 0.25) is 5.91 Å². The van der Waals surface area contributed by atoms with Crippen molar-refractivity contribution in [1.82, 2.24) is 4.90 Å². The highest BCUT2D eigenvalue weighted by Crippen LogP contribution is 2.32. The molecular formula is C12H19NO3. The first-order valence-electron chi connectivity index (χ1n) is 6.15. The Morgan fingerprint density at radius 1 is 1.50 bits per heavy atom. The van der Waals surface area contributed by atoms with E-state index in [1.807, 2.05) is 11.8 Å². The quantitative estimate of drug-likeness (QED) is 0.660. The maximum Gasteiger partial charge on any atom is 0.311 e. The van der Waals surface area contributed by atoms with E-state index in [9.17, 15) is 9.59 Å². The molecule has 0 spiro atoms. The summed E-state index contributed by atoms with van der Waals surface area (Å²) in [5.41, 5.74) is 0. The topological polar surface area (TPSA) is 46.6 Å². The van der Waals surface area contributed by atoms with Crippen molar-refractivity contribution in [3.8, 4) is 0 Å². The van der Waals surface area contributed by atoms with Gasteiger partial charge >= 0.3 is 5.97 Å². The molecular weight excluding hydrogens is 206 g/mol. The van der Waals surface area contributed by atoms with Gasteiger partial charge in [-0.15, -0.1) is 0 Å². The maximum atomic E-state index is 11.6. The molecule has 1 heterocycles. The van der Waals surface area contributed by atoms with Crippen LogP contribution in [0.2, 0.25) is 0 Å². The van der Waals surface area contributed by atoms with Gasteiger partial charge in [-0.05, 0) is 25.2 Å². The van der Waals surface area contributed by atoms with Gasteiger partial charge in [0.15, 0.2) is 0 Å². The Labute approximate surface area is 95.9 Å². The lowest BCUT2D eigenvalue weighted by atomic mass is 10.1. The molecule has 1 amide bonds. The van der Waals surface area contributed by atoms with Crippen molar-refractivity contribution >= 4 is 11.9 Å². The Bertz CT molecular complexity index is 286. The molecule has 0 aromatic heterocycles. The number of ether oxygens (including phenoxy) is 1. The third-order valence-electron chi connectivity index (χ3n) is 3.17. The highest BCUT2D eigenvalue weighted by molar-refractivity contribution is 5.86. The highest BCUT2D eigenvalue weighted by Gasteiger charge is 2.37. The van der Waals surface area contributed by atoms with E-state index in [-0.39, 0.29) is 17.8 Å². The first-order chi connectivity index (χ1) is 7.70. The Kier molecular flexibility index (Phi) is 3.46. The van der Waals surface area contributed by atoms with E-state index in [0.29, 0.717) is 25.5 Å². The average molecular weight is 225 g/mol. The van der Waals surface area contributed by atoms with Crippen LogP contribution >= 0.6 is 0 Å². The van der Waals surface area contributed by atoms with Crippen molar-refractivity contribution in [1.29, 1.82) is 0 Å². The third-order valence-corrected chi connectivity index (χ3v) is 3.17. The SMILES string of the molecule is CCCOC(=O)C1CC(=O)N(CC2CC2)C1. The molecule has 1 saturated heterocycles. The van der Waals surface area contributed by atoms with Gasteiger partial charge in [-0.1, -0.05) is 6.92 Å². The maximum absolute atomic E-state index is 11.6. The lowest BCUT2D eigenvalue weighted by Gasteiger charge is -2.15. The third kappa shape index (κ3) is 2.74. The summed E-state index contributed by atoms with van der Waals surface area (Å²) < 4.78 is 5.07. The minimum Gasteiger partial charge on any atom is -0.465 e. The second-order valence-corrected chi connectivity index (χ2v) is 4.81. The summed E-state index contributed by atoms with van der Waals surface area (Å²) in [7, 11) is 0. The van der Waals surface area contributed by atoms with E-state index in [1.165, 1.54) is 12.8 Å². The van der Waals surface area contributed by atoms with Crippen molar-refractivity contribution in [2.75, 3.05) is 19.7 Å². The largest absolute Gasteiger partial charge is 0.465 e. The molecule has 2 fully saturated rings. The molecule has 1 unspecified atom stereocenters. The molecule has 0 radical (unpaired) electrons. The van der Waals surface area contributed by atoms with Gasteiger partial charge in [0.05, 0.1) is 12.5 Å². The van der Waals surface area contributed by atoms with Crippen LogP contribution in [0.25, 0.3) is 0 Å². The monoisotopic (exact) mass is 225 g/mol. The Hall–Kier alpha value is -1.06. The highest BCUT2D eigenvalue weighted by atomic mass is 16.5. The van der Waals surface area contributed by atoms with Gasteiger partial charge in [0, 0.05) is 19.5 Å². The number of rotatable bonds is 5. The first kappa shape index (κ1) is 11.4. The van der Waals surface area contributed by atoms with Gasteiger partial charge in [-0.2, -0.15) is 0 Å². The van der Waals surface area contributed by atoms with Crippen LogP contribution in [0.1, 0.15) is 32.6 Å². The molecule has 0 N–H and O–H groups in total. The smallest absolute Gasteiger partial charge is 0.311 e.